The number of halogens is 1. The second kappa shape index (κ2) is 8.88. The van der Waals surface area contributed by atoms with Crippen molar-refractivity contribution in [2.24, 2.45) is 0 Å². The molecule has 0 aromatic heterocycles. The molecule has 0 saturated heterocycles. The van der Waals surface area contributed by atoms with E-state index < -0.39 is 5.82 Å². The van der Waals surface area contributed by atoms with Gasteiger partial charge in [0.1, 0.15) is 12.4 Å². The number of benzene rings is 2. The van der Waals surface area contributed by atoms with Crippen LogP contribution < -0.4 is 14.8 Å². The molecule has 1 amide bonds. The third-order valence-electron chi connectivity index (χ3n) is 3.35. The number of hydrogen-bond donors (Lipinski definition) is 1. The SMILES string of the molecule is COCCOc1ccccc1C(=O)NCc1ccc(OC)c(F)c1. The van der Waals surface area contributed by atoms with Crippen LogP contribution in [0.4, 0.5) is 4.39 Å². The van der Waals surface area contributed by atoms with Gasteiger partial charge in [0.2, 0.25) is 0 Å². The maximum Gasteiger partial charge on any atom is 0.255 e. The number of hydrogen-bond acceptors (Lipinski definition) is 4. The predicted molar refractivity (Wildman–Crippen MR) is 87.9 cm³/mol. The monoisotopic (exact) mass is 333 g/mol. The van der Waals surface area contributed by atoms with Crippen molar-refractivity contribution in [1.82, 2.24) is 5.32 Å². The Kier molecular flexibility index (Phi) is 6.57. The molecular weight excluding hydrogens is 313 g/mol. The molecular formula is C18H20FNO4. The summed E-state index contributed by atoms with van der Waals surface area (Å²) in [5.41, 5.74) is 1.06. The van der Waals surface area contributed by atoms with Gasteiger partial charge in [-0.2, -0.15) is 0 Å². The minimum atomic E-state index is -0.465. The van der Waals surface area contributed by atoms with Crippen LogP contribution in [0.5, 0.6) is 11.5 Å². The van der Waals surface area contributed by atoms with Gasteiger partial charge in [0.05, 0.1) is 19.3 Å². The fraction of sp³-hybridized carbons (Fsp3) is 0.278. The first kappa shape index (κ1) is 17.7. The molecule has 128 valence electrons. The lowest BCUT2D eigenvalue weighted by atomic mass is 10.1. The van der Waals surface area contributed by atoms with Crippen molar-refractivity contribution in [2.75, 3.05) is 27.4 Å². The van der Waals surface area contributed by atoms with Crippen LogP contribution in [-0.2, 0) is 11.3 Å². The van der Waals surface area contributed by atoms with E-state index in [9.17, 15) is 9.18 Å². The zero-order chi connectivity index (χ0) is 17.4. The summed E-state index contributed by atoms with van der Waals surface area (Å²) in [6, 6.07) is 11.5. The molecule has 2 aromatic rings. The topological polar surface area (TPSA) is 56.8 Å². The van der Waals surface area contributed by atoms with Crippen molar-refractivity contribution in [3.05, 3.63) is 59.4 Å². The normalized spacial score (nSPS) is 10.3. The fourth-order valence-electron chi connectivity index (χ4n) is 2.11. The largest absolute Gasteiger partial charge is 0.494 e. The van der Waals surface area contributed by atoms with Crippen LogP contribution in [0.3, 0.4) is 0 Å². The number of para-hydroxylation sites is 1. The first-order valence-corrected chi connectivity index (χ1v) is 7.47. The molecule has 0 fully saturated rings. The predicted octanol–water partition coefficient (Wildman–Crippen LogP) is 2.79. The molecule has 0 heterocycles. The van der Waals surface area contributed by atoms with E-state index in [1.165, 1.54) is 19.2 Å². The van der Waals surface area contributed by atoms with Gasteiger partial charge in [0, 0.05) is 13.7 Å². The van der Waals surface area contributed by atoms with E-state index in [0.717, 1.165) is 0 Å². The Hall–Kier alpha value is -2.60. The highest BCUT2D eigenvalue weighted by Crippen LogP contribution is 2.19. The van der Waals surface area contributed by atoms with Crippen LogP contribution in [0.25, 0.3) is 0 Å². The molecule has 0 aliphatic rings. The van der Waals surface area contributed by atoms with Crippen molar-refractivity contribution in [2.45, 2.75) is 6.54 Å². The average Bonchev–Trinajstić information content (AvgIpc) is 2.60. The van der Waals surface area contributed by atoms with E-state index in [1.807, 2.05) is 0 Å². The molecule has 5 nitrogen and oxygen atoms in total. The Balaban J connectivity index is 2.01. The quantitative estimate of drug-likeness (QED) is 0.755. The number of nitrogens with one attached hydrogen (secondary N) is 1. The van der Waals surface area contributed by atoms with E-state index in [4.69, 9.17) is 14.2 Å². The summed E-state index contributed by atoms with van der Waals surface area (Å²) >= 11 is 0. The second-order valence-electron chi connectivity index (χ2n) is 4.99. The van der Waals surface area contributed by atoms with Gasteiger partial charge in [-0.1, -0.05) is 18.2 Å². The van der Waals surface area contributed by atoms with Gasteiger partial charge >= 0.3 is 0 Å². The van der Waals surface area contributed by atoms with Crippen molar-refractivity contribution < 1.29 is 23.4 Å². The van der Waals surface area contributed by atoms with E-state index in [-0.39, 0.29) is 18.2 Å². The van der Waals surface area contributed by atoms with E-state index in [0.29, 0.717) is 30.1 Å². The summed E-state index contributed by atoms with van der Waals surface area (Å²) < 4.78 is 29.0. The van der Waals surface area contributed by atoms with Gasteiger partial charge in [-0.15, -0.1) is 0 Å². The second-order valence-corrected chi connectivity index (χ2v) is 4.99. The standard InChI is InChI=1S/C18H20FNO4/c1-22-9-10-24-16-6-4-3-5-14(16)18(21)20-12-13-7-8-17(23-2)15(19)11-13/h3-8,11H,9-10,12H2,1-2H3,(H,20,21). The number of carbonyl (C=O) groups is 1. The number of carbonyl (C=O) groups excluding carboxylic acids is 1. The molecule has 0 unspecified atom stereocenters. The van der Waals surface area contributed by atoms with Gasteiger partial charge in [-0.25, -0.2) is 4.39 Å². The Morgan fingerprint density at radius 3 is 2.58 bits per heavy atom. The first-order valence-electron chi connectivity index (χ1n) is 7.47. The summed E-state index contributed by atoms with van der Waals surface area (Å²) in [6.07, 6.45) is 0. The van der Waals surface area contributed by atoms with Crippen LogP contribution in [0.2, 0.25) is 0 Å². The molecule has 0 radical (unpaired) electrons. The van der Waals surface area contributed by atoms with E-state index in [1.54, 1.807) is 37.4 Å². The Labute approximate surface area is 140 Å². The molecule has 0 bridgehead atoms. The lowest BCUT2D eigenvalue weighted by molar-refractivity contribution is 0.0943. The summed E-state index contributed by atoms with van der Waals surface area (Å²) in [5, 5.41) is 2.75. The summed E-state index contributed by atoms with van der Waals surface area (Å²) in [4.78, 5) is 12.3. The van der Waals surface area contributed by atoms with Gasteiger partial charge < -0.3 is 19.5 Å². The third kappa shape index (κ3) is 4.70. The molecule has 0 spiro atoms. The molecule has 1 N–H and O–H groups in total. The highest BCUT2D eigenvalue weighted by atomic mass is 19.1. The number of rotatable bonds is 8. The maximum atomic E-state index is 13.7. The molecule has 2 aromatic carbocycles. The third-order valence-corrected chi connectivity index (χ3v) is 3.35. The van der Waals surface area contributed by atoms with E-state index in [2.05, 4.69) is 5.32 Å². The zero-order valence-electron chi connectivity index (χ0n) is 13.7. The molecule has 0 saturated carbocycles. The highest BCUT2D eigenvalue weighted by molar-refractivity contribution is 5.96. The van der Waals surface area contributed by atoms with Crippen LogP contribution in [0.15, 0.2) is 42.5 Å². The van der Waals surface area contributed by atoms with Crippen molar-refractivity contribution >= 4 is 5.91 Å². The van der Waals surface area contributed by atoms with Gasteiger partial charge in [0.25, 0.3) is 5.91 Å². The van der Waals surface area contributed by atoms with Crippen molar-refractivity contribution in [1.29, 1.82) is 0 Å². The Morgan fingerprint density at radius 1 is 1.08 bits per heavy atom. The van der Waals surface area contributed by atoms with Crippen LogP contribution in [0.1, 0.15) is 15.9 Å². The zero-order valence-corrected chi connectivity index (χ0v) is 13.7. The molecule has 0 aliphatic carbocycles. The van der Waals surface area contributed by atoms with E-state index >= 15 is 0 Å². The highest BCUT2D eigenvalue weighted by Gasteiger charge is 2.12. The van der Waals surface area contributed by atoms with Crippen LogP contribution >= 0.6 is 0 Å². The molecule has 0 aliphatic heterocycles. The number of ether oxygens (including phenoxy) is 3. The molecule has 24 heavy (non-hydrogen) atoms. The van der Waals surface area contributed by atoms with Gasteiger partial charge in [0.15, 0.2) is 11.6 Å². The minimum Gasteiger partial charge on any atom is -0.494 e. The summed E-state index contributed by atoms with van der Waals surface area (Å²) in [7, 11) is 2.98. The van der Waals surface area contributed by atoms with Crippen molar-refractivity contribution in [3.63, 3.8) is 0 Å². The fourth-order valence-corrected chi connectivity index (χ4v) is 2.11. The first-order chi connectivity index (χ1) is 11.7. The number of amides is 1. The lowest BCUT2D eigenvalue weighted by Gasteiger charge is -2.12. The minimum absolute atomic E-state index is 0.168. The summed E-state index contributed by atoms with van der Waals surface area (Å²) in [6.45, 7) is 0.984. The smallest absolute Gasteiger partial charge is 0.255 e. The molecule has 0 atom stereocenters. The Bertz CT molecular complexity index is 690. The average molecular weight is 333 g/mol. The van der Waals surface area contributed by atoms with Crippen LogP contribution in [-0.4, -0.2) is 33.3 Å². The Morgan fingerprint density at radius 2 is 1.88 bits per heavy atom. The van der Waals surface area contributed by atoms with Gasteiger partial charge in [-0.3, -0.25) is 4.79 Å². The summed E-state index contributed by atoms with van der Waals surface area (Å²) in [5.74, 6) is -0.110. The van der Waals surface area contributed by atoms with Crippen LogP contribution in [0, 0.1) is 5.82 Å². The van der Waals surface area contributed by atoms with Gasteiger partial charge in [-0.05, 0) is 29.8 Å². The number of methoxy groups -OCH3 is 2. The molecule has 2 rings (SSSR count). The lowest BCUT2D eigenvalue weighted by Crippen LogP contribution is -2.23. The molecule has 6 heteroatoms. The maximum absolute atomic E-state index is 13.7. The van der Waals surface area contributed by atoms with Crippen molar-refractivity contribution in [3.8, 4) is 11.5 Å².